The Kier molecular flexibility index (Phi) is 2.78. The van der Waals surface area contributed by atoms with Crippen molar-refractivity contribution in [2.24, 2.45) is 0 Å². The third-order valence-corrected chi connectivity index (χ3v) is 1.96. The minimum Gasteiger partial charge on any atom is -0.346 e. The Bertz CT molecular complexity index is 202. The van der Waals surface area contributed by atoms with Gasteiger partial charge in [0.25, 0.3) is 0 Å². The second-order valence-electron chi connectivity index (χ2n) is 2.78. The van der Waals surface area contributed by atoms with Crippen LogP contribution in [-0.4, -0.2) is 39.0 Å². The lowest BCUT2D eigenvalue weighted by Crippen LogP contribution is -2.23. The monoisotopic (exact) mass is 184 g/mol. The zero-order valence-corrected chi connectivity index (χ0v) is 7.32. The third kappa shape index (κ3) is 1.82. The molecule has 2 aliphatic rings. The average Bonchev–Trinajstić information content (AvgIpc) is 2.76. The Hall–Kier alpha value is -0.640. The van der Waals surface area contributed by atoms with Crippen LogP contribution in [0.4, 0.5) is 0 Å². The van der Waals surface area contributed by atoms with Crippen molar-refractivity contribution >= 4 is 0 Å². The van der Waals surface area contributed by atoms with Crippen LogP contribution in [0, 0.1) is 0 Å². The first-order valence-electron chi connectivity index (χ1n) is 4.28. The molecule has 0 bridgehead atoms. The number of ether oxygens (including phenoxy) is 4. The van der Waals surface area contributed by atoms with Crippen molar-refractivity contribution in [1.82, 2.24) is 0 Å². The van der Waals surface area contributed by atoms with Crippen molar-refractivity contribution in [1.29, 1.82) is 0 Å². The predicted octanol–water partition coefficient (Wildman–Crippen LogP) is 0.444. The highest BCUT2D eigenvalue weighted by Crippen LogP contribution is 2.21. The van der Waals surface area contributed by atoms with Gasteiger partial charge in [-0.3, -0.25) is 0 Å². The highest BCUT2D eigenvalue weighted by Gasteiger charge is 2.30. The van der Waals surface area contributed by atoms with Crippen LogP contribution < -0.4 is 0 Å². The summed E-state index contributed by atoms with van der Waals surface area (Å²) in [5.74, 6) is 0. The van der Waals surface area contributed by atoms with Crippen LogP contribution in [0.25, 0.3) is 0 Å². The summed E-state index contributed by atoms with van der Waals surface area (Å²) < 4.78 is 21.2. The van der Waals surface area contributed by atoms with E-state index in [9.17, 15) is 0 Å². The lowest BCUT2D eigenvalue weighted by molar-refractivity contribution is -0.0738. The molecule has 0 unspecified atom stereocenters. The van der Waals surface area contributed by atoms with Gasteiger partial charge in [0, 0.05) is 0 Å². The second-order valence-corrected chi connectivity index (χ2v) is 2.78. The Morgan fingerprint density at radius 2 is 1.31 bits per heavy atom. The number of rotatable bonds is 2. The van der Waals surface area contributed by atoms with E-state index in [-0.39, 0.29) is 12.6 Å². The minimum absolute atomic E-state index is 0.388. The molecule has 0 aliphatic carbocycles. The molecule has 2 rings (SSSR count). The summed E-state index contributed by atoms with van der Waals surface area (Å²) in [6, 6.07) is 0. The molecular weight excluding hydrogens is 172 g/mol. The summed E-state index contributed by atoms with van der Waals surface area (Å²) in [6.07, 6.45) is -0.777. The van der Waals surface area contributed by atoms with E-state index in [0.717, 1.165) is 0 Å². The molecule has 2 fully saturated rings. The van der Waals surface area contributed by atoms with Crippen LogP contribution >= 0.6 is 0 Å². The topological polar surface area (TPSA) is 36.9 Å². The summed E-state index contributed by atoms with van der Waals surface area (Å²) in [6.45, 7) is 5.97. The molecule has 0 atom stereocenters. The van der Waals surface area contributed by atoms with Gasteiger partial charge in [0.1, 0.15) is 0 Å². The van der Waals surface area contributed by atoms with E-state index in [1.165, 1.54) is 0 Å². The Labute approximate surface area is 76.7 Å². The summed E-state index contributed by atoms with van der Waals surface area (Å²) in [5.41, 5.74) is 3.46. The molecule has 0 radical (unpaired) electrons. The van der Waals surface area contributed by atoms with Crippen molar-refractivity contribution in [3.8, 4) is 0 Å². The van der Waals surface area contributed by atoms with E-state index >= 15 is 0 Å². The SMILES string of the molecule is C=C=C(C1OCCO1)C1OCCO1. The molecule has 0 N–H and O–H groups in total. The highest BCUT2D eigenvalue weighted by atomic mass is 16.7. The van der Waals surface area contributed by atoms with E-state index in [1.54, 1.807) is 0 Å². The Morgan fingerprint density at radius 1 is 0.923 bits per heavy atom. The quantitative estimate of drug-likeness (QED) is 0.584. The van der Waals surface area contributed by atoms with Gasteiger partial charge in [0.15, 0.2) is 12.6 Å². The summed E-state index contributed by atoms with van der Waals surface area (Å²) in [7, 11) is 0. The molecule has 72 valence electrons. The molecule has 2 aliphatic heterocycles. The van der Waals surface area contributed by atoms with E-state index in [0.29, 0.717) is 32.0 Å². The number of hydrogen-bond acceptors (Lipinski definition) is 4. The standard InChI is InChI=1S/C9H12O4/c1-2-7(8-10-3-4-11-8)9-12-5-6-13-9/h8-9H,1,3-6H2. The van der Waals surface area contributed by atoms with Gasteiger partial charge in [0.2, 0.25) is 0 Å². The molecule has 0 aromatic carbocycles. The molecule has 0 aromatic heterocycles. The van der Waals surface area contributed by atoms with Crippen molar-refractivity contribution < 1.29 is 18.9 Å². The molecule has 2 heterocycles. The largest absolute Gasteiger partial charge is 0.346 e. The molecule has 0 aromatic rings. The van der Waals surface area contributed by atoms with Gasteiger partial charge in [0.05, 0.1) is 32.0 Å². The highest BCUT2D eigenvalue weighted by molar-refractivity contribution is 5.08. The van der Waals surface area contributed by atoms with Gasteiger partial charge in [-0.15, -0.1) is 5.73 Å². The van der Waals surface area contributed by atoms with Gasteiger partial charge < -0.3 is 18.9 Å². The maximum absolute atomic E-state index is 5.30. The Morgan fingerprint density at radius 3 is 1.62 bits per heavy atom. The first-order valence-corrected chi connectivity index (χ1v) is 4.28. The summed E-state index contributed by atoms with van der Waals surface area (Å²) in [4.78, 5) is 0. The lowest BCUT2D eigenvalue weighted by Gasteiger charge is -2.16. The second kappa shape index (κ2) is 4.05. The lowest BCUT2D eigenvalue weighted by atomic mass is 10.2. The predicted molar refractivity (Wildman–Crippen MR) is 44.0 cm³/mol. The third-order valence-electron chi connectivity index (χ3n) is 1.96. The maximum atomic E-state index is 5.30. The number of hydrogen-bond donors (Lipinski definition) is 0. The van der Waals surface area contributed by atoms with Crippen LogP contribution in [0.3, 0.4) is 0 Å². The van der Waals surface area contributed by atoms with E-state index in [1.807, 2.05) is 0 Å². The van der Waals surface area contributed by atoms with E-state index < -0.39 is 0 Å². The van der Waals surface area contributed by atoms with Crippen molar-refractivity contribution in [3.05, 3.63) is 17.9 Å². The van der Waals surface area contributed by atoms with Gasteiger partial charge >= 0.3 is 0 Å². The zero-order valence-electron chi connectivity index (χ0n) is 7.32. The molecule has 0 saturated carbocycles. The van der Waals surface area contributed by atoms with Gasteiger partial charge in [-0.1, -0.05) is 6.58 Å². The fraction of sp³-hybridized carbons (Fsp3) is 0.667. The van der Waals surface area contributed by atoms with Crippen LogP contribution in [-0.2, 0) is 18.9 Å². The molecular formula is C9H12O4. The molecule has 0 spiro atoms. The first kappa shape index (κ1) is 8.94. The fourth-order valence-electron chi connectivity index (χ4n) is 1.35. The van der Waals surface area contributed by atoms with E-state index in [4.69, 9.17) is 18.9 Å². The molecule has 0 amide bonds. The van der Waals surface area contributed by atoms with Gasteiger partial charge in [-0.2, -0.15) is 0 Å². The van der Waals surface area contributed by atoms with Crippen LogP contribution in [0.15, 0.2) is 17.9 Å². The van der Waals surface area contributed by atoms with E-state index in [2.05, 4.69) is 12.3 Å². The fourth-order valence-corrected chi connectivity index (χ4v) is 1.35. The normalized spacial score (nSPS) is 24.9. The molecule has 2 saturated heterocycles. The molecule has 13 heavy (non-hydrogen) atoms. The average molecular weight is 184 g/mol. The molecule has 4 nitrogen and oxygen atoms in total. The van der Waals surface area contributed by atoms with Gasteiger partial charge in [-0.05, 0) is 0 Å². The Balaban J connectivity index is 2.03. The summed E-state index contributed by atoms with van der Waals surface area (Å²) >= 11 is 0. The van der Waals surface area contributed by atoms with Crippen LogP contribution in [0.2, 0.25) is 0 Å². The maximum Gasteiger partial charge on any atom is 0.192 e. The summed E-state index contributed by atoms with van der Waals surface area (Å²) in [5, 5.41) is 0. The van der Waals surface area contributed by atoms with Crippen LogP contribution in [0.5, 0.6) is 0 Å². The van der Waals surface area contributed by atoms with Crippen molar-refractivity contribution in [2.45, 2.75) is 12.6 Å². The van der Waals surface area contributed by atoms with Crippen molar-refractivity contribution in [3.63, 3.8) is 0 Å². The van der Waals surface area contributed by atoms with Gasteiger partial charge in [-0.25, -0.2) is 0 Å². The molecule has 4 heteroatoms. The smallest absolute Gasteiger partial charge is 0.192 e. The minimum atomic E-state index is -0.388. The zero-order chi connectivity index (χ0) is 9.10. The van der Waals surface area contributed by atoms with Crippen LogP contribution in [0.1, 0.15) is 0 Å². The first-order chi connectivity index (χ1) is 6.42. The van der Waals surface area contributed by atoms with Crippen molar-refractivity contribution in [2.75, 3.05) is 26.4 Å².